The number of anilines is 1. The van der Waals surface area contributed by atoms with Crippen molar-refractivity contribution in [2.75, 3.05) is 18.0 Å². The zero-order chi connectivity index (χ0) is 13.9. The molecule has 0 aromatic carbocycles. The molecule has 1 fully saturated rings. The minimum atomic E-state index is 0.507. The summed E-state index contributed by atoms with van der Waals surface area (Å²) in [5, 5.41) is 9.31. The van der Waals surface area contributed by atoms with Crippen LogP contribution in [0.25, 0.3) is 0 Å². The Labute approximate surface area is 116 Å². The van der Waals surface area contributed by atoms with Crippen molar-refractivity contribution < 1.29 is 0 Å². The topological polar surface area (TPSA) is 39.9 Å². The number of nitriles is 1. The van der Waals surface area contributed by atoms with Gasteiger partial charge in [-0.3, -0.25) is 0 Å². The van der Waals surface area contributed by atoms with Crippen LogP contribution < -0.4 is 4.90 Å². The molecule has 3 heteroatoms. The third-order valence-electron chi connectivity index (χ3n) is 4.87. The highest BCUT2D eigenvalue weighted by Crippen LogP contribution is 2.39. The summed E-state index contributed by atoms with van der Waals surface area (Å²) in [6.45, 7) is 8.62. The van der Waals surface area contributed by atoms with E-state index in [1.165, 1.54) is 25.7 Å². The molecule has 102 valence electrons. The lowest BCUT2D eigenvalue weighted by atomic mass is 9.74. The molecular formula is C16H23N3. The van der Waals surface area contributed by atoms with Crippen molar-refractivity contribution >= 4 is 5.82 Å². The molecule has 0 bridgehead atoms. The second kappa shape index (κ2) is 5.61. The van der Waals surface area contributed by atoms with Crippen molar-refractivity contribution in [1.82, 2.24) is 4.98 Å². The minimum Gasteiger partial charge on any atom is -0.355 e. The third kappa shape index (κ3) is 2.58. The smallest absolute Gasteiger partial charge is 0.146 e. The van der Waals surface area contributed by atoms with E-state index in [1.807, 2.05) is 19.2 Å². The Hall–Kier alpha value is -1.56. The number of aromatic nitrogens is 1. The summed E-state index contributed by atoms with van der Waals surface area (Å²) >= 11 is 0. The number of hydrogen-bond donors (Lipinski definition) is 0. The fourth-order valence-electron chi connectivity index (χ4n) is 3.07. The Balaban J connectivity index is 2.19. The lowest BCUT2D eigenvalue weighted by molar-refractivity contribution is 0.199. The second-order valence-electron chi connectivity index (χ2n) is 5.63. The number of rotatable bonds is 3. The van der Waals surface area contributed by atoms with Gasteiger partial charge in [0.2, 0.25) is 0 Å². The van der Waals surface area contributed by atoms with Gasteiger partial charge in [0.25, 0.3) is 0 Å². The molecule has 0 atom stereocenters. The summed E-state index contributed by atoms with van der Waals surface area (Å²) in [7, 11) is 0. The van der Waals surface area contributed by atoms with Gasteiger partial charge in [0.05, 0.1) is 5.56 Å². The molecule has 1 aliphatic heterocycles. The Kier molecular flexibility index (Phi) is 4.09. The van der Waals surface area contributed by atoms with Gasteiger partial charge in [-0.15, -0.1) is 0 Å². The molecule has 0 radical (unpaired) electrons. The van der Waals surface area contributed by atoms with Crippen LogP contribution in [0.4, 0.5) is 5.82 Å². The average molecular weight is 257 g/mol. The van der Waals surface area contributed by atoms with Crippen molar-refractivity contribution in [3.8, 4) is 6.07 Å². The predicted molar refractivity (Wildman–Crippen MR) is 78.2 cm³/mol. The molecule has 19 heavy (non-hydrogen) atoms. The van der Waals surface area contributed by atoms with E-state index in [0.717, 1.165) is 30.0 Å². The molecule has 1 saturated heterocycles. The first kappa shape index (κ1) is 13.9. The van der Waals surface area contributed by atoms with E-state index < -0.39 is 0 Å². The quantitative estimate of drug-likeness (QED) is 0.829. The number of hydrogen-bond acceptors (Lipinski definition) is 3. The van der Waals surface area contributed by atoms with Crippen LogP contribution in [0.15, 0.2) is 12.3 Å². The molecule has 1 aromatic rings. The Morgan fingerprint density at radius 1 is 1.32 bits per heavy atom. The molecule has 1 aliphatic rings. The van der Waals surface area contributed by atoms with Crippen LogP contribution in [0.5, 0.6) is 0 Å². The van der Waals surface area contributed by atoms with Crippen molar-refractivity contribution in [3.63, 3.8) is 0 Å². The molecule has 2 rings (SSSR count). The highest BCUT2D eigenvalue weighted by molar-refractivity contribution is 5.57. The van der Waals surface area contributed by atoms with E-state index in [2.05, 4.69) is 29.8 Å². The highest BCUT2D eigenvalue weighted by atomic mass is 15.2. The first-order chi connectivity index (χ1) is 9.15. The fraction of sp³-hybridized carbons (Fsp3) is 0.625. The zero-order valence-electron chi connectivity index (χ0n) is 12.2. The van der Waals surface area contributed by atoms with E-state index in [4.69, 9.17) is 0 Å². The van der Waals surface area contributed by atoms with Gasteiger partial charge in [-0.05, 0) is 36.8 Å². The molecular weight excluding hydrogens is 234 g/mol. The summed E-state index contributed by atoms with van der Waals surface area (Å²) in [6.07, 6.45) is 6.74. The molecule has 1 aromatic heterocycles. The van der Waals surface area contributed by atoms with Crippen LogP contribution >= 0.6 is 0 Å². The molecule has 2 heterocycles. The first-order valence-electron chi connectivity index (χ1n) is 7.26. The van der Waals surface area contributed by atoms with Crippen molar-refractivity contribution in [2.45, 2.75) is 46.5 Å². The van der Waals surface area contributed by atoms with Crippen LogP contribution in [0.2, 0.25) is 0 Å². The number of piperidine rings is 1. The standard InChI is InChI=1S/C16H23N3/c1-4-16(5-2)7-10-19(11-8-16)15-14(12-17)13(3)6-9-18-15/h6,9H,4-5,7-8,10-11H2,1-3H3. The average Bonchev–Trinajstić information content (AvgIpc) is 2.47. The number of pyridine rings is 1. The SMILES string of the molecule is CCC1(CC)CCN(c2nccc(C)c2C#N)CC1. The third-order valence-corrected chi connectivity index (χ3v) is 4.87. The van der Waals surface area contributed by atoms with E-state index in [1.54, 1.807) is 0 Å². The van der Waals surface area contributed by atoms with E-state index in [-0.39, 0.29) is 0 Å². The predicted octanol–water partition coefficient (Wildman–Crippen LogP) is 3.67. The number of nitrogens with zero attached hydrogens (tertiary/aromatic N) is 3. The van der Waals surface area contributed by atoms with Gasteiger partial charge in [0.15, 0.2) is 0 Å². The summed E-state index contributed by atoms with van der Waals surface area (Å²) in [5.74, 6) is 0.878. The maximum atomic E-state index is 9.31. The summed E-state index contributed by atoms with van der Waals surface area (Å²) < 4.78 is 0. The molecule has 3 nitrogen and oxygen atoms in total. The summed E-state index contributed by atoms with van der Waals surface area (Å²) in [5.41, 5.74) is 2.27. The normalized spacial score (nSPS) is 18.1. The maximum absolute atomic E-state index is 9.31. The Morgan fingerprint density at radius 2 is 1.95 bits per heavy atom. The van der Waals surface area contributed by atoms with Crippen LogP contribution in [0, 0.1) is 23.7 Å². The largest absolute Gasteiger partial charge is 0.355 e. The molecule has 0 saturated carbocycles. The van der Waals surface area contributed by atoms with Crippen LogP contribution in [-0.4, -0.2) is 18.1 Å². The van der Waals surface area contributed by atoms with E-state index in [0.29, 0.717) is 5.41 Å². The lowest BCUT2D eigenvalue weighted by Gasteiger charge is -2.41. The van der Waals surface area contributed by atoms with E-state index >= 15 is 0 Å². The van der Waals surface area contributed by atoms with Gasteiger partial charge in [-0.25, -0.2) is 4.98 Å². The molecule has 0 spiro atoms. The highest BCUT2D eigenvalue weighted by Gasteiger charge is 2.32. The van der Waals surface area contributed by atoms with E-state index in [9.17, 15) is 5.26 Å². The van der Waals surface area contributed by atoms with Gasteiger partial charge in [0.1, 0.15) is 11.9 Å². The monoisotopic (exact) mass is 257 g/mol. The maximum Gasteiger partial charge on any atom is 0.146 e. The Morgan fingerprint density at radius 3 is 2.47 bits per heavy atom. The molecule has 0 aliphatic carbocycles. The van der Waals surface area contributed by atoms with Gasteiger partial charge in [-0.1, -0.05) is 26.7 Å². The fourth-order valence-corrected chi connectivity index (χ4v) is 3.07. The lowest BCUT2D eigenvalue weighted by Crippen LogP contribution is -2.40. The van der Waals surface area contributed by atoms with Gasteiger partial charge in [-0.2, -0.15) is 5.26 Å². The van der Waals surface area contributed by atoms with Crippen molar-refractivity contribution in [1.29, 1.82) is 5.26 Å². The van der Waals surface area contributed by atoms with Crippen LogP contribution in [-0.2, 0) is 0 Å². The summed E-state index contributed by atoms with van der Waals surface area (Å²) in [6, 6.07) is 4.22. The second-order valence-corrected chi connectivity index (χ2v) is 5.63. The first-order valence-corrected chi connectivity index (χ1v) is 7.26. The van der Waals surface area contributed by atoms with Crippen LogP contribution in [0.1, 0.15) is 50.7 Å². The van der Waals surface area contributed by atoms with Crippen molar-refractivity contribution in [3.05, 3.63) is 23.4 Å². The molecule has 0 unspecified atom stereocenters. The Bertz CT molecular complexity index is 473. The molecule has 0 N–H and O–H groups in total. The van der Waals surface area contributed by atoms with Crippen molar-refractivity contribution in [2.24, 2.45) is 5.41 Å². The van der Waals surface area contributed by atoms with Crippen LogP contribution in [0.3, 0.4) is 0 Å². The summed E-state index contributed by atoms with van der Waals surface area (Å²) in [4.78, 5) is 6.72. The van der Waals surface area contributed by atoms with Gasteiger partial charge >= 0.3 is 0 Å². The van der Waals surface area contributed by atoms with Gasteiger partial charge in [0, 0.05) is 19.3 Å². The zero-order valence-corrected chi connectivity index (χ0v) is 12.2. The van der Waals surface area contributed by atoms with Gasteiger partial charge < -0.3 is 4.90 Å². The number of aryl methyl sites for hydroxylation is 1. The molecule has 0 amide bonds. The minimum absolute atomic E-state index is 0.507.